The fourth-order valence-corrected chi connectivity index (χ4v) is 4.78. The van der Waals surface area contributed by atoms with Gasteiger partial charge in [0.15, 0.2) is 0 Å². The Morgan fingerprint density at radius 2 is 1.64 bits per heavy atom. The Kier molecular flexibility index (Phi) is 7.24. The van der Waals surface area contributed by atoms with Crippen molar-refractivity contribution in [2.45, 2.75) is 31.2 Å². The second kappa shape index (κ2) is 10.5. The molecule has 2 aromatic rings. The maximum Gasteiger partial charge on any atom is 0.407 e. The highest BCUT2D eigenvalue weighted by Gasteiger charge is 2.35. The second-order valence-corrected chi connectivity index (χ2v) is 8.35. The number of fused-ring (bicyclic) bond motifs is 3. The number of hydrogen-bond donors (Lipinski definition) is 3. The van der Waals surface area contributed by atoms with Crippen LogP contribution in [-0.2, 0) is 19.1 Å². The van der Waals surface area contributed by atoms with Gasteiger partial charge in [-0.3, -0.25) is 4.79 Å². The Balaban J connectivity index is 1.28. The predicted octanol–water partition coefficient (Wildman–Crippen LogP) is 2.91. The van der Waals surface area contributed by atoms with E-state index in [1.165, 1.54) is 11.1 Å². The molecule has 0 radical (unpaired) electrons. The second-order valence-electron chi connectivity index (χ2n) is 8.35. The smallest absolute Gasteiger partial charge is 0.407 e. The van der Waals surface area contributed by atoms with Gasteiger partial charge in [0.05, 0.1) is 12.5 Å². The van der Waals surface area contributed by atoms with E-state index in [2.05, 4.69) is 34.9 Å². The Labute approximate surface area is 192 Å². The zero-order valence-corrected chi connectivity index (χ0v) is 18.3. The summed E-state index contributed by atoms with van der Waals surface area (Å²) >= 11 is 0. The monoisotopic (exact) mass is 452 g/mol. The van der Waals surface area contributed by atoms with Crippen LogP contribution in [0.5, 0.6) is 0 Å². The Bertz CT molecular complexity index is 978. The van der Waals surface area contributed by atoms with Crippen LogP contribution in [0.2, 0.25) is 0 Å². The van der Waals surface area contributed by atoms with E-state index in [1.807, 2.05) is 24.3 Å². The van der Waals surface area contributed by atoms with Gasteiger partial charge in [0, 0.05) is 18.5 Å². The van der Waals surface area contributed by atoms with Crippen molar-refractivity contribution in [1.29, 1.82) is 0 Å². The van der Waals surface area contributed by atoms with Gasteiger partial charge in [-0.15, -0.1) is 0 Å². The molecule has 0 aliphatic heterocycles. The summed E-state index contributed by atoms with van der Waals surface area (Å²) in [5, 5.41) is 14.2. The Morgan fingerprint density at radius 3 is 2.30 bits per heavy atom. The minimum Gasteiger partial charge on any atom is -0.480 e. The molecule has 0 bridgehead atoms. The first-order valence-corrected chi connectivity index (χ1v) is 11.2. The zero-order valence-electron chi connectivity index (χ0n) is 18.3. The van der Waals surface area contributed by atoms with Gasteiger partial charge >= 0.3 is 12.1 Å². The highest BCUT2D eigenvalue weighted by Crippen LogP contribution is 2.44. The summed E-state index contributed by atoms with van der Waals surface area (Å²) in [5.74, 6) is -1.58. The van der Waals surface area contributed by atoms with Crippen molar-refractivity contribution in [3.8, 4) is 11.1 Å². The van der Waals surface area contributed by atoms with E-state index >= 15 is 0 Å². The van der Waals surface area contributed by atoms with Gasteiger partial charge in [0.25, 0.3) is 0 Å². The number of ether oxygens (including phenoxy) is 2. The van der Waals surface area contributed by atoms with Crippen LogP contribution in [-0.4, -0.2) is 55.5 Å². The summed E-state index contributed by atoms with van der Waals surface area (Å²) in [6.45, 7) is 0.172. The lowest BCUT2D eigenvalue weighted by molar-refractivity contribution is -0.142. The summed E-state index contributed by atoms with van der Waals surface area (Å²) in [4.78, 5) is 35.5. The molecule has 4 rings (SSSR count). The minimum atomic E-state index is -1.05. The number of benzene rings is 2. The molecular weight excluding hydrogens is 424 g/mol. The molecule has 2 aliphatic rings. The normalized spacial score (nSPS) is 18.9. The lowest BCUT2D eigenvalue weighted by atomic mass is 9.98. The summed E-state index contributed by atoms with van der Waals surface area (Å²) in [6, 6.07) is 16.0. The standard InChI is InChI=1S/C25H28N2O6/c28-23(29)15-32-13-12-26-24(30)20-10-5-11-22(20)27-25(31)33-14-21-18-8-3-1-6-16(18)17-7-2-4-9-19(17)21/h1-4,6-9,20-22H,5,10-15H2,(H,26,30)(H,27,31)(H,28,29). The molecule has 0 spiro atoms. The Morgan fingerprint density at radius 1 is 0.970 bits per heavy atom. The van der Waals surface area contributed by atoms with Crippen molar-refractivity contribution < 1.29 is 29.0 Å². The maximum atomic E-state index is 12.6. The molecule has 0 aromatic heterocycles. The number of nitrogens with one attached hydrogen (secondary N) is 2. The average molecular weight is 453 g/mol. The minimum absolute atomic E-state index is 0.0170. The molecule has 33 heavy (non-hydrogen) atoms. The molecule has 8 heteroatoms. The van der Waals surface area contributed by atoms with Crippen LogP contribution in [0.3, 0.4) is 0 Å². The largest absolute Gasteiger partial charge is 0.480 e. The molecule has 2 atom stereocenters. The maximum absolute atomic E-state index is 12.6. The van der Waals surface area contributed by atoms with Gasteiger partial charge < -0.3 is 25.2 Å². The first kappa shape index (κ1) is 22.8. The van der Waals surface area contributed by atoms with Crippen molar-refractivity contribution in [2.24, 2.45) is 5.92 Å². The average Bonchev–Trinajstić information content (AvgIpc) is 3.39. The molecule has 174 valence electrons. The van der Waals surface area contributed by atoms with E-state index in [0.29, 0.717) is 12.8 Å². The number of amides is 2. The molecule has 0 heterocycles. The van der Waals surface area contributed by atoms with Crippen LogP contribution in [0.15, 0.2) is 48.5 Å². The van der Waals surface area contributed by atoms with E-state index in [-0.39, 0.29) is 43.5 Å². The van der Waals surface area contributed by atoms with Crippen LogP contribution in [0, 0.1) is 5.92 Å². The third kappa shape index (κ3) is 5.34. The van der Waals surface area contributed by atoms with Gasteiger partial charge in [0.2, 0.25) is 5.91 Å². The van der Waals surface area contributed by atoms with Crippen LogP contribution >= 0.6 is 0 Å². The number of hydrogen-bond acceptors (Lipinski definition) is 5. The van der Waals surface area contributed by atoms with Gasteiger partial charge in [-0.05, 0) is 35.1 Å². The third-order valence-corrected chi connectivity index (χ3v) is 6.27. The molecule has 2 unspecified atom stereocenters. The van der Waals surface area contributed by atoms with Crippen LogP contribution in [0.1, 0.15) is 36.3 Å². The van der Waals surface area contributed by atoms with E-state index in [1.54, 1.807) is 0 Å². The topological polar surface area (TPSA) is 114 Å². The van der Waals surface area contributed by atoms with Crippen LogP contribution in [0.25, 0.3) is 11.1 Å². The van der Waals surface area contributed by atoms with Crippen molar-refractivity contribution in [3.05, 3.63) is 59.7 Å². The third-order valence-electron chi connectivity index (χ3n) is 6.27. The summed E-state index contributed by atoms with van der Waals surface area (Å²) < 4.78 is 10.5. The summed E-state index contributed by atoms with van der Waals surface area (Å²) in [5.41, 5.74) is 4.63. The molecule has 1 saturated carbocycles. The van der Waals surface area contributed by atoms with Gasteiger partial charge in [0.1, 0.15) is 13.2 Å². The highest BCUT2D eigenvalue weighted by atomic mass is 16.5. The molecule has 2 aromatic carbocycles. The van der Waals surface area contributed by atoms with Crippen molar-refractivity contribution in [1.82, 2.24) is 10.6 Å². The molecule has 0 saturated heterocycles. The van der Waals surface area contributed by atoms with Crippen molar-refractivity contribution in [3.63, 3.8) is 0 Å². The van der Waals surface area contributed by atoms with Crippen LogP contribution in [0.4, 0.5) is 4.79 Å². The number of rotatable bonds is 9. The first-order valence-electron chi connectivity index (χ1n) is 11.2. The van der Waals surface area contributed by atoms with E-state index < -0.39 is 18.7 Å². The Hall–Kier alpha value is -3.39. The molecule has 1 fully saturated rings. The number of carboxylic acid groups (broad SMARTS) is 1. The summed E-state index contributed by atoms with van der Waals surface area (Å²) in [6.07, 6.45) is 1.70. The van der Waals surface area contributed by atoms with Gasteiger partial charge in [-0.2, -0.15) is 0 Å². The van der Waals surface area contributed by atoms with Crippen molar-refractivity contribution >= 4 is 18.0 Å². The first-order chi connectivity index (χ1) is 16.0. The molecular formula is C25H28N2O6. The number of carboxylic acids is 1. The van der Waals surface area contributed by atoms with E-state index in [4.69, 9.17) is 14.6 Å². The molecule has 8 nitrogen and oxygen atoms in total. The number of alkyl carbamates (subject to hydrolysis) is 1. The zero-order chi connectivity index (χ0) is 23.2. The fourth-order valence-electron chi connectivity index (χ4n) is 4.78. The predicted molar refractivity (Wildman–Crippen MR) is 121 cm³/mol. The summed E-state index contributed by atoms with van der Waals surface area (Å²) in [7, 11) is 0. The number of carbonyl (C=O) groups excluding carboxylic acids is 2. The number of carbonyl (C=O) groups is 3. The van der Waals surface area contributed by atoms with Crippen molar-refractivity contribution in [2.75, 3.05) is 26.4 Å². The lowest BCUT2D eigenvalue weighted by Crippen LogP contribution is -2.45. The highest BCUT2D eigenvalue weighted by molar-refractivity contribution is 5.81. The van der Waals surface area contributed by atoms with Gasteiger partial charge in [-0.25, -0.2) is 9.59 Å². The van der Waals surface area contributed by atoms with E-state index in [9.17, 15) is 14.4 Å². The fraction of sp³-hybridized carbons (Fsp3) is 0.400. The van der Waals surface area contributed by atoms with E-state index in [0.717, 1.165) is 17.5 Å². The molecule has 2 aliphatic carbocycles. The number of aliphatic carboxylic acids is 1. The SMILES string of the molecule is O=C(O)COCCNC(=O)C1CCCC1NC(=O)OCC1c2ccccc2-c2ccccc21. The quantitative estimate of drug-likeness (QED) is 0.504. The van der Waals surface area contributed by atoms with Gasteiger partial charge in [-0.1, -0.05) is 55.0 Å². The lowest BCUT2D eigenvalue weighted by Gasteiger charge is -2.21. The molecule has 3 N–H and O–H groups in total. The van der Waals surface area contributed by atoms with Crippen LogP contribution < -0.4 is 10.6 Å². The molecule has 2 amide bonds.